The van der Waals surface area contributed by atoms with E-state index in [-0.39, 0.29) is 17.9 Å². The van der Waals surface area contributed by atoms with Crippen molar-refractivity contribution < 1.29 is 4.79 Å². The Balaban J connectivity index is 1.68. The monoisotopic (exact) mass is 361 g/mol. The maximum atomic E-state index is 12.7. The van der Waals surface area contributed by atoms with Crippen LogP contribution in [0.3, 0.4) is 0 Å². The lowest BCUT2D eigenvalue weighted by Gasteiger charge is -2.03. The van der Waals surface area contributed by atoms with Crippen molar-refractivity contribution >= 4 is 27.3 Å². The first-order valence-electron chi connectivity index (χ1n) is 8.14. The SMILES string of the molecule is Cc1ccc(C(=O)Cn2nnc3sc(-c4ccccc4)cc3c2=O)cc1. The van der Waals surface area contributed by atoms with Crippen LogP contribution < -0.4 is 5.56 Å². The molecule has 0 fully saturated rings. The summed E-state index contributed by atoms with van der Waals surface area (Å²) in [7, 11) is 0. The Morgan fingerprint density at radius 1 is 1.08 bits per heavy atom. The van der Waals surface area contributed by atoms with E-state index in [0.717, 1.165) is 20.7 Å². The molecule has 0 radical (unpaired) electrons. The lowest BCUT2D eigenvalue weighted by Crippen LogP contribution is -2.27. The molecule has 0 unspecified atom stereocenters. The molecule has 0 N–H and O–H groups in total. The van der Waals surface area contributed by atoms with E-state index in [1.54, 1.807) is 12.1 Å². The number of nitrogens with zero attached hydrogens (tertiary/aromatic N) is 3. The van der Waals surface area contributed by atoms with E-state index in [1.807, 2.05) is 55.5 Å². The maximum Gasteiger partial charge on any atom is 0.278 e. The van der Waals surface area contributed by atoms with E-state index in [1.165, 1.54) is 11.3 Å². The van der Waals surface area contributed by atoms with Gasteiger partial charge in [0.25, 0.3) is 5.56 Å². The number of carbonyl (C=O) groups is 1. The summed E-state index contributed by atoms with van der Waals surface area (Å²) >= 11 is 1.42. The second-order valence-electron chi connectivity index (χ2n) is 6.04. The molecule has 0 saturated carbocycles. The quantitative estimate of drug-likeness (QED) is 0.520. The van der Waals surface area contributed by atoms with Crippen LogP contribution in [0, 0.1) is 6.92 Å². The first-order valence-corrected chi connectivity index (χ1v) is 8.96. The van der Waals surface area contributed by atoms with Crippen LogP contribution in [-0.4, -0.2) is 20.8 Å². The first kappa shape index (κ1) is 16.4. The van der Waals surface area contributed by atoms with E-state index < -0.39 is 0 Å². The van der Waals surface area contributed by atoms with Gasteiger partial charge in [0.1, 0.15) is 6.54 Å². The number of hydrogen-bond acceptors (Lipinski definition) is 5. The van der Waals surface area contributed by atoms with Gasteiger partial charge in [-0.1, -0.05) is 65.4 Å². The van der Waals surface area contributed by atoms with Crippen LogP contribution in [0.1, 0.15) is 15.9 Å². The fraction of sp³-hybridized carbons (Fsp3) is 0.100. The number of benzene rings is 2. The van der Waals surface area contributed by atoms with E-state index in [0.29, 0.717) is 15.8 Å². The molecule has 2 aromatic carbocycles. The predicted octanol–water partition coefficient (Wildman–Crippen LogP) is 3.71. The molecular weight excluding hydrogens is 346 g/mol. The van der Waals surface area contributed by atoms with Crippen molar-refractivity contribution in [2.24, 2.45) is 0 Å². The van der Waals surface area contributed by atoms with Crippen LogP contribution in [-0.2, 0) is 6.54 Å². The number of ketones is 1. The zero-order chi connectivity index (χ0) is 18.1. The van der Waals surface area contributed by atoms with Crippen LogP contribution in [0.4, 0.5) is 0 Å². The van der Waals surface area contributed by atoms with Gasteiger partial charge in [-0.3, -0.25) is 9.59 Å². The van der Waals surface area contributed by atoms with Crippen LogP contribution >= 0.6 is 11.3 Å². The average molecular weight is 361 g/mol. The van der Waals surface area contributed by atoms with E-state index in [9.17, 15) is 9.59 Å². The first-order chi connectivity index (χ1) is 12.6. The average Bonchev–Trinajstić information content (AvgIpc) is 3.10. The fourth-order valence-corrected chi connectivity index (χ4v) is 3.67. The van der Waals surface area contributed by atoms with Crippen molar-refractivity contribution in [2.75, 3.05) is 0 Å². The Bertz CT molecular complexity index is 1150. The molecule has 0 bridgehead atoms. The molecule has 0 amide bonds. The van der Waals surface area contributed by atoms with Gasteiger partial charge < -0.3 is 0 Å². The third kappa shape index (κ3) is 3.07. The van der Waals surface area contributed by atoms with Gasteiger partial charge in [0, 0.05) is 10.4 Å². The lowest BCUT2D eigenvalue weighted by molar-refractivity contribution is 0.0964. The Labute approximate surface area is 153 Å². The summed E-state index contributed by atoms with van der Waals surface area (Å²) in [6.45, 7) is 1.83. The summed E-state index contributed by atoms with van der Waals surface area (Å²) in [6, 6.07) is 18.9. The highest BCUT2D eigenvalue weighted by molar-refractivity contribution is 7.21. The van der Waals surface area contributed by atoms with Crippen molar-refractivity contribution in [3.63, 3.8) is 0 Å². The molecule has 5 nitrogen and oxygen atoms in total. The fourth-order valence-electron chi connectivity index (χ4n) is 2.70. The summed E-state index contributed by atoms with van der Waals surface area (Å²) in [5.41, 5.74) is 2.36. The van der Waals surface area contributed by atoms with Gasteiger partial charge in [0.05, 0.1) is 5.39 Å². The van der Waals surface area contributed by atoms with E-state index in [2.05, 4.69) is 10.3 Å². The normalized spacial score (nSPS) is 11.0. The molecule has 4 aromatic rings. The van der Waals surface area contributed by atoms with Crippen molar-refractivity contribution in [3.05, 3.63) is 82.1 Å². The number of thiophene rings is 1. The molecular formula is C20H15N3O2S. The molecule has 0 saturated heterocycles. The molecule has 0 aliphatic rings. The molecule has 2 aromatic heterocycles. The van der Waals surface area contributed by atoms with Crippen LogP contribution in [0.2, 0.25) is 0 Å². The molecule has 0 aliphatic heterocycles. The Morgan fingerprint density at radius 2 is 1.81 bits per heavy atom. The third-order valence-electron chi connectivity index (χ3n) is 4.15. The molecule has 128 valence electrons. The number of Topliss-reactive ketones (excluding diaryl/α,β-unsaturated/α-hetero) is 1. The minimum atomic E-state index is -0.297. The van der Waals surface area contributed by atoms with Gasteiger partial charge in [0.2, 0.25) is 0 Å². The summed E-state index contributed by atoms with van der Waals surface area (Å²) < 4.78 is 1.13. The zero-order valence-electron chi connectivity index (χ0n) is 14.0. The maximum absolute atomic E-state index is 12.7. The van der Waals surface area contributed by atoms with Gasteiger partial charge in [-0.2, -0.15) is 0 Å². The molecule has 26 heavy (non-hydrogen) atoms. The predicted molar refractivity (Wildman–Crippen MR) is 103 cm³/mol. The van der Waals surface area contributed by atoms with E-state index in [4.69, 9.17) is 0 Å². The van der Waals surface area contributed by atoms with Crippen LogP contribution in [0.5, 0.6) is 0 Å². The molecule has 6 heteroatoms. The van der Waals surface area contributed by atoms with Crippen LogP contribution in [0.25, 0.3) is 20.7 Å². The van der Waals surface area contributed by atoms with Crippen molar-refractivity contribution in [1.29, 1.82) is 0 Å². The molecule has 0 aliphatic carbocycles. The van der Waals surface area contributed by atoms with Crippen LogP contribution in [0.15, 0.2) is 65.5 Å². The topological polar surface area (TPSA) is 64.8 Å². The molecule has 0 spiro atoms. The van der Waals surface area contributed by atoms with Crippen molar-refractivity contribution in [1.82, 2.24) is 15.0 Å². The number of aryl methyl sites for hydroxylation is 1. The molecule has 4 rings (SSSR count). The molecule has 2 heterocycles. The van der Waals surface area contributed by atoms with Gasteiger partial charge in [-0.15, -0.1) is 16.4 Å². The minimum Gasteiger partial charge on any atom is -0.292 e. The van der Waals surface area contributed by atoms with Gasteiger partial charge in [-0.25, -0.2) is 4.68 Å². The Hall–Kier alpha value is -3.12. The standard InChI is InChI=1S/C20H15N3O2S/c1-13-7-9-14(10-8-13)17(24)12-23-20(25)16-11-18(26-19(16)21-22-23)15-5-3-2-4-6-15/h2-11H,12H2,1H3. The summed E-state index contributed by atoms with van der Waals surface area (Å²) in [4.78, 5) is 26.7. The zero-order valence-corrected chi connectivity index (χ0v) is 14.9. The minimum absolute atomic E-state index is 0.124. The van der Waals surface area contributed by atoms with Gasteiger partial charge >= 0.3 is 0 Å². The van der Waals surface area contributed by atoms with Crippen molar-refractivity contribution in [3.8, 4) is 10.4 Å². The van der Waals surface area contributed by atoms with Crippen molar-refractivity contribution in [2.45, 2.75) is 13.5 Å². The highest BCUT2D eigenvalue weighted by Gasteiger charge is 2.14. The summed E-state index contributed by atoms with van der Waals surface area (Å²) in [5, 5.41) is 8.56. The largest absolute Gasteiger partial charge is 0.292 e. The number of carbonyl (C=O) groups excluding carboxylic acids is 1. The number of rotatable bonds is 4. The highest BCUT2D eigenvalue weighted by atomic mass is 32.1. The number of aromatic nitrogens is 3. The summed E-state index contributed by atoms with van der Waals surface area (Å²) in [6.07, 6.45) is 0. The summed E-state index contributed by atoms with van der Waals surface area (Å²) in [5.74, 6) is -0.167. The van der Waals surface area contributed by atoms with E-state index >= 15 is 0 Å². The number of fused-ring (bicyclic) bond motifs is 1. The van der Waals surface area contributed by atoms with Gasteiger partial charge in [0.15, 0.2) is 10.6 Å². The Morgan fingerprint density at radius 3 is 2.54 bits per heavy atom. The second kappa shape index (κ2) is 6.65. The van der Waals surface area contributed by atoms with Gasteiger partial charge in [-0.05, 0) is 18.6 Å². The number of hydrogen-bond donors (Lipinski definition) is 0. The molecule has 0 atom stereocenters. The third-order valence-corrected chi connectivity index (χ3v) is 5.21. The smallest absolute Gasteiger partial charge is 0.278 e. The lowest BCUT2D eigenvalue weighted by atomic mass is 10.1. The second-order valence-corrected chi connectivity index (χ2v) is 7.07. The highest BCUT2D eigenvalue weighted by Crippen LogP contribution is 2.30. The Kier molecular flexibility index (Phi) is 4.18.